The molecule has 0 aliphatic rings. The van der Waals surface area contributed by atoms with E-state index in [1.807, 2.05) is 42.2 Å². The van der Waals surface area contributed by atoms with Crippen molar-refractivity contribution in [2.75, 3.05) is 0 Å². The Morgan fingerprint density at radius 1 is 1.45 bits per heavy atom. The normalized spacial score (nSPS) is 9.55. The van der Waals surface area contributed by atoms with Gasteiger partial charge in [-0.25, -0.2) is 0 Å². The molecule has 0 aliphatic carbocycles. The molecule has 0 saturated carbocycles. The van der Waals surface area contributed by atoms with Gasteiger partial charge in [0.05, 0.1) is 0 Å². The van der Waals surface area contributed by atoms with Crippen molar-refractivity contribution < 1.29 is 20.1 Å². The third-order valence-electron chi connectivity index (χ3n) is 1.42. The van der Waals surface area contributed by atoms with Gasteiger partial charge in [0, 0.05) is 39.3 Å². The minimum atomic E-state index is 0. The van der Waals surface area contributed by atoms with E-state index in [0.717, 1.165) is 5.65 Å². The van der Waals surface area contributed by atoms with E-state index in [9.17, 15) is 0 Å². The molecule has 0 N–H and O–H groups in total. The van der Waals surface area contributed by atoms with E-state index in [-0.39, 0.29) is 20.1 Å². The number of aromatic nitrogens is 3. The molecule has 0 fully saturated rings. The van der Waals surface area contributed by atoms with Crippen LogP contribution in [0.15, 0.2) is 30.7 Å². The summed E-state index contributed by atoms with van der Waals surface area (Å²) >= 11 is 0. The molecule has 2 aromatic heterocycles. The van der Waals surface area contributed by atoms with Crippen LogP contribution >= 0.6 is 0 Å². The van der Waals surface area contributed by atoms with Gasteiger partial charge in [0.15, 0.2) is 0 Å². The molecule has 0 unspecified atom stereocenters. The molecule has 0 spiro atoms. The monoisotopic (exact) mass is 327 g/mol. The quantitative estimate of drug-likeness (QED) is 0.661. The molecule has 2 heterocycles. The first-order valence-corrected chi connectivity index (χ1v) is 3.16. The summed E-state index contributed by atoms with van der Waals surface area (Å²) in [6.45, 7) is 0. The van der Waals surface area contributed by atoms with E-state index in [1.54, 1.807) is 4.68 Å². The first-order valence-electron chi connectivity index (χ1n) is 3.16. The second-order valence-electron chi connectivity index (χ2n) is 2.26. The van der Waals surface area contributed by atoms with Gasteiger partial charge in [0.25, 0.3) is 5.65 Å². The Balaban J connectivity index is 0.000000605. The Labute approximate surface area is 78.0 Å². The molecule has 11 heavy (non-hydrogen) atoms. The van der Waals surface area contributed by atoms with Crippen LogP contribution in [0.4, 0.5) is 0 Å². The summed E-state index contributed by atoms with van der Waals surface area (Å²) in [7, 11) is 1.91. The van der Waals surface area contributed by atoms with Crippen molar-refractivity contribution >= 4 is 5.65 Å². The van der Waals surface area contributed by atoms with E-state index in [1.165, 1.54) is 0 Å². The summed E-state index contributed by atoms with van der Waals surface area (Å²) < 4.78 is 3.76. The van der Waals surface area contributed by atoms with Crippen LogP contribution in [-0.2, 0) is 27.2 Å². The van der Waals surface area contributed by atoms with Crippen LogP contribution in [0.25, 0.3) is 5.65 Å². The number of hydrogen-bond acceptors (Lipinski definition) is 1. The van der Waals surface area contributed by atoms with Crippen molar-refractivity contribution in [2.45, 2.75) is 0 Å². The molecule has 0 atom stereocenters. The third-order valence-corrected chi connectivity index (χ3v) is 1.42. The van der Waals surface area contributed by atoms with Gasteiger partial charge in [0.1, 0.15) is 6.20 Å². The Morgan fingerprint density at radius 2 is 2.27 bits per heavy atom. The van der Waals surface area contributed by atoms with E-state index >= 15 is 0 Å². The number of rotatable bonds is 0. The molecule has 59 valence electrons. The molecular formula is C7H8IrN3+. The van der Waals surface area contributed by atoms with E-state index in [0.29, 0.717) is 0 Å². The van der Waals surface area contributed by atoms with Crippen LogP contribution in [0.5, 0.6) is 0 Å². The molecule has 0 aliphatic heterocycles. The molecule has 0 amide bonds. The molecule has 0 bridgehead atoms. The molecule has 0 aromatic carbocycles. The summed E-state index contributed by atoms with van der Waals surface area (Å²) in [5, 5.41) is 4.19. The number of hydrogen-bond donors (Lipinski definition) is 0. The van der Waals surface area contributed by atoms with Crippen LogP contribution in [0.2, 0.25) is 0 Å². The van der Waals surface area contributed by atoms with Gasteiger partial charge in [-0.05, 0) is 6.07 Å². The number of aryl methyl sites for hydroxylation is 1. The SMILES string of the molecule is Cn1[cH+]n2ccccc2n1.[Ir]. The smallest absolute Gasteiger partial charge is 0.189 e. The number of nitrogens with zero attached hydrogens (tertiary/aromatic N) is 3. The molecule has 3 nitrogen and oxygen atoms in total. The number of fused-ring (bicyclic) bond motifs is 1. The minimum Gasteiger partial charge on any atom is -0.189 e. The van der Waals surface area contributed by atoms with Crippen molar-refractivity contribution in [3.05, 3.63) is 30.7 Å². The minimum absolute atomic E-state index is 0. The van der Waals surface area contributed by atoms with Crippen LogP contribution in [0.1, 0.15) is 0 Å². The Bertz CT molecular complexity index is 322. The zero-order valence-corrected chi connectivity index (χ0v) is 8.46. The summed E-state index contributed by atoms with van der Waals surface area (Å²) in [5.74, 6) is 0. The zero-order valence-electron chi connectivity index (χ0n) is 6.06. The van der Waals surface area contributed by atoms with Crippen molar-refractivity contribution in [1.82, 2.24) is 14.2 Å². The van der Waals surface area contributed by atoms with Gasteiger partial charge < -0.3 is 0 Å². The van der Waals surface area contributed by atoms with Gasteiger partial charge >= 0.3 is 0 Å². The predicted octanol–water partition coefficient (Wildman–Crippen LogP) is 0.951. The second kappa shape index (κ2) is 3.11. The molecule has 4 heteroatoms. The first-order chi connectivity index (χ1) is 4.86. The predicted molar refractivity (Wildman–Crippen MR) is 38.6 cm³/mol. The molecule has 2 rings (SSSR count). The maximum atomic E-state index is 4.19. The summed E-state index contributed by atoms with van der Waals surface area (Å²) in [6, 6.07) is 5.93. The van der Waals surface area contributed by atoms with E-state index in [4.69, 9.17) is 0 Å². The van der Waals surface area contributed by atoms with Crippen LogP contribution in [0, 0.1) is 0 Å². The molecule has 1 radical (unpaired) electrons. The van der Waals surface area contributed by atoms with Gasteiger partial charge in [-0.15, -0.1) is 4.40 Å². The Hall–Kier alpha value is -0.731. The van der Waals surface area contributed by atoms with Gasteiger partial charge in [-0.2, -0.15) is 4.68 Å². The fraction of sp³-hybridized carbons (Fsp3) is 0.143. The fourth-order valence-corrected chi connectivity index (χ4v) is 0.997. The summed E-state index contributed by atoms with van der Waals surface area (Å²) in [5.41, 5.74) is 0.977. The van der Waals surface area contributed by atoms with Gasteiger partial charge in [-0.1, -0.05) is 5.10 Å². The van der Waals surface area contributed by atoms with Crippen molar-refractivity contribution in [3.8, 4) is 0 Å². The average Bonchev–Trinajstić information content (AvgIpc) is 2.27. The van der Waals surface area contributed by atoms with Crippen LogP contribution in [-0.4, -0.2) is 14.2 Å². The van der Waals surface area contributed by atoms with Crippen LogP contribution < -0.4 is 0 Å². The van der Waals surface area contributed by atoms with Crippen molar-refractivity contribution in [1.29, 1.82) is 0 Å². The third kappa shape index (κ3) is 1.47. The van der Waals surface area contributed by atoms with Crippen LogP contribution in [0.3, 0.4) is 0 Å². The average molecular weight is 326 g/mol. The van der Waals surface area contributed by atoms with Gasteiger partial charge in [0.2, 0.25) is 6.33 Å². The standard InChI is InChI=1S/C7H8N3.Ir/c1-9-6-10-5-3-2-4-7(10)8-9;/h2-6H,1H3;/q+1;. The summed E-state index contributed by atoms with van der Waals surface area (Å²) in [6.07, 6.45) is 3.90. The van der Waals surface area contributed by atoms with Crippen molar-refractivity contribution in [3.63, 3.8) is 0 Å². The molecular weight excluding hydrogens is 318 g/mol. The largest absolute Gasteiger partial charge is 0.263 e. The Morgan fingerprint density at radius 3 is 3.00 bits per heavy atom. The van der Waals surface area contributed by atoms with E-state index in [2.05, 4.69) is 5.10 Å². The maximum absolute atomic E-state index is 4.19. The van der Waals surface area contributed by atoms with E-state index < -0.39 is 0 Å². The molecule has 2 aromatic rings. The van der Waals surface area contributed by atoms with Gasteiger partial charge in [-0.3, -0.25) is 0 Å². The maximum Gasteiger partial charge on any atom is 0.263 e. The topological polar surface area (TPSA) is 22.2 Å². The molecule has 0 saturated heterocycles. The fourth-order valence-electron chi connectivity index (χ4n) is 0.997. The summed E-state index contributed by atoms with van der Waals surface area (Å²) in [4.78, 5) is 0. The number of pyridine rings is 1. The zero-order chi connectivity index (χ0) is 6.97. The second-order valence-corrected chi connectivity index (χ2v) is 2.26. The first kappa shape index (κ1) is 8.37. The Kier molecular flexibility index (Phi) is 2.37. The van der Waals surface area contributed by atoms with Crippen molar-refractivity contribution in [2.24, 2.45) is 7.05 Å².